The first kappa shape index (κ1) is 13.0. The van der Waals surface area contributed by atoms with Crippen molar-refractivity contribution in [2.75, 3.05) is 19.8 Å². The quantitative estimate of drug-likeness (QED) is 0.642. The molecule has 1 fully saturated rings. The summed E-state index contributed by atoms with van der Waals surface area (Å²) in [6.45, 7) is 13.6. The van der Waals surface area contributed by atoms with Gasteiger partial charge in [0.25, 0.3) is 0 Å². The summed E-state index contributed by atoms with van der Waals surface area (Å²) in [5.74, 6) is 0. The highest BCUT2D eigenvalue weighted by molar-refractivity contribution is 5.06. The van der Waals surface area contributed by atoms with Crippen LogP contribution in [0.25, 0.3) is 0 Å². The Hall–Kier alpha value is -1.06. The van der Waals surface area contributed by atoms with Gasteiger partial charge in [-0.15, -0.1) is 13.2 Å². The second kappa shape index (κ2) is 6.51. The van der Waals surface area contributed by atoms with Gasteiger partial charge in [0.05, 0.1) is 12.1 Å². The SMILES string of the molecule is C=CCN[C@]1(CC=C)COCC[C@@H]1NC=C. The fourth-order valence-electron chi connectivity index (χ4n) is 2.20. The molecular formula is C13H22N2O. The Morgan fingerprint density at radius 2 is 2.12 bits per heavy atom. The van der Waals surface area contributed by atoms with Crippen molar-refractivity contribution in [1.82, 2.24) is 10.6 Å². The van der Waals surface area contributed by atoms with E-state index >= 15 is 0 Å². The molecule has 2 N–H and O–H groups in total. The van der Waals surface area contributed by atoms with Crippen LogP contribution in [0.1, 0.15) is 12.8 Å². The van der Waals surface area contributed by atoms with Crippen LogP contribution < -0.4 is 10.6 Å². The molecule has 16 heavy (non-hydrogen) atoms. The maximum absolute atomic E-state index is 5.59. The highest BCUT2D eigenvalue weighted by Crippen LogP contribution is 2.24. The van der Waals surface area contributed by atoms with Gasteiger partial charge in [-0.3, -0.25) is 0 Å². The highest BCUT2D eigenvalue weighted by atomic mass is 16.5. The number of hydrogen-bond donors (Lipinski definition) is 2. The minimum atomic E-state index is -0.0949. The second-order valence-electron chi connectivity index (χ2n) is 4.08. The normalized spacial score (nSPS) is 29.4. The van der Waals surface area contributed by atoms with Gasteiger partial charge >= 0.3 is 0 Å². The van der Waals surface area contributed by atoms with Crippen molar-refractivity contribution < 1.29 is 4.74 Å². The van der Waals surface area contributed by atoms with Gasteiger partial charge in [-0.05, 0) is 19.0 Å². The summed E-state index contributed by atoms with van der Waals surface area (Å²) in [6, 6.07) is 0.330. The molecule has 1 aliphatic heterocycles. The summed E-state index contributed by atoms with van der Waals surface area (Å²) in [6.07, 6.45) is 7.40. The molecule has 1 aliphatic rings. The molecule has 1 heterocycles. The van der Waals surface area contributed by atoms with E-state index in [0.29, 0.717) is 12.6 Å². The monoisotopic (exact) mass is 222 g/mol. The van der Waals surface area contributed by atoms with Gasteiger partial charge in [-0.25, -0.2) is 0 Å². The largest absolute Gasteiger partial charge is 0.387 e. The lowest BCUT2D eigenvalue weighted by atomic mass is 9.83. The van der Waals surface area contributed by atoms with Crippen LogP contribution in [0.5, 0.6) is 0 Å². The van der Waals surface area contributed by atoms with Crippen LogP contribution >= 0.6 is 0 Å². The fraction of sp³-hybridized carbons (Fsp3) is 0.538. The standard InChI is InChI=1S/C13H22N2O/c1-4-8-13(15-9-5-2)11-16-10-7-12(13)14-6-3/h4-6,12,14-15H,1-3,7-11H2/t12-,13+/m0/s1. The molecule has 0 spiro atoms. The molecule has 1 saturated heterocycles. The maximum atomic E-state index is 5.59. The number of hydrogen-bond acceptors (Lipinski definition) is 3. The van der Waals surface area contributed by atoms with Gasteiger partial charge in [0.15, 0.2) is 0 Å². The third-order valence-corrected chi connectivity index (χ3v) is 3.00. The van der Waals surface area contributed by atoms with Crippen LogP contribution in [0.15, 0.2) is 38.1 Å². The smallest absolute Gasteiger partial charge is 0.0671 e. The molecule has 0 amide bonds. The van der Waals surface area contributed by atoms with Crippen LogP contribution in [0, 0.1) is 0 Å². The first-order valence-corrected chi connectivity index (χ1v) is 5.70. The zero-order chi connectivity index (χ0) is 11.9. The lowest BCUT2D eigenvalue weighted by Gasteiger charge is -2.44. The van der Waals surface area contributed by atoms with Gasteiger partial charge < -0.3 is 15.4 Å². The van der Waals surface area contributed by atoms with Crippen LogP contribution in [-0.2, 0) is 4.74 Å². The third-order valence-electron chi connectivity index (χ3n) is 3.00. The number of nitrogens with one attached hydrogen (secondary N) is 2. The van der Waals surface area contributed by atoms with Gasteiger partial charge in [-0.1, -0.05) is 18.7 Å². The molecule has 2 atom stereocenters. The Morgan fingerprint density at radius 3 is 2.75 bits per heavy atom. The summed E-state index contributed by atoms with van der Waals surface area (Å²) in [5, 5.41) is 6.80. The molecule has 0 aliphatic carbocycles. The van der Waals surface area contributed by atoms with Crippen molar-refractivity contribution in [3.63, 3.8) is 0 Å². The van der Waals surface area contributed by atoms with Crippen LogP contribution in [0.3, 0.4) is 0 Å². The van der Waals surface area contributed by atoms with Crippen LogP contribution in [0.4, 0.5) is 0 Å². The average molecular weight is 222 g/mol. The average Bonchev–Trinajstić information content (AvgIpc) is 2.30. The second-order valence-corrected chi connectivity index (χ2v) is 4.08. The molecule has 0 aromatic heterocycles. The minimum absolute atomic E-state index is 0.0949. The summed E-state index contributed by atoms with van der Waals surface area (Å²) in [5.41, 5.74) is -0.0949. The van der Waals surface area contributed by atoms with Crippen molar-refractivity contribution in [1.29, 1.82) is 0 Å². The highest BCUT2D eigenvalue weighted by Gasteiger charge is 2.39. The van der Waals surface area contributed by atoms with Crippen LogP contribution in [-0.4, -0.2) is 31.3 Å². The summed E-state index contributed by atoms with van der Waals surface area (Å²) in [4.78, 5) is 0. The van der Waals surface area contributed by atoms with Crippen molar-refractivity contribution in [3.05, 3.63) is 38.1 Å². The third kappa shape index (κ3) is 2.97. The summed E-state index contributed by atoms with van der Waals surface area (Å²) < 4.78 is 5.59. The Labute approximate surface area is 98.3 Å². The van der Waals surface area contributed by atoms with Gasteiger partial charge in [0.1, 0.15) is 0 Å². The van der Waals surface area contributed by atoms with Crippen molar-refractivity contribution >= 4 is 0 Å². The van der Waals surface area contributed by atoms with E-state index in [1.165, 1.54) is 0 Å². The molecule has 1 rings (SSSR count). The van der Waals surface area contributed by atoms with E-state index in [-0.39, 0.29) is 5.54 Å². The lowest BCUT2D eigenvalue weighted by molar-refractivity contribution is 0.00260. The van der Waals surface area contributed by atoms with E-state index in [2.05, 4.69) is 30.4 Å². The predicted octanol–water partition coefficient (Wildman–Crippen LogP) is 1.60. The van der Waals surface area contributed by atoms with E-state index in [9.17, 15) is 0 Å². The van der Waals surface area contributed by atoms with E-state index in [1.807, 2.05) is 12.2 Å². The maximum Gasteiger partial charge on any atom is 0.0671 e. The molecular weight excluding hydrogens is 200 g/mol. The molecule has 0 aromatic rings. The number of ether oxygens (including phenoxy) is 1. The molecule has 90 valence electrons. The molecule has 0 aromatic carbocycles. The van der Waals surface area contributed by atoms with E-state index in [0.717, 1.165) is 26.0 Å². The van der Waals surface area contributed by atoms with E-state index in [4.69, 9.17) is 4.74 Å². The molecule has 0 radical (unpaired) electrons. The van der Waals surface area contributed by atoms with Gasteiger partial charge in [-0.2, -0.15) is 0 Å². The predicted molar refractivity (Wildman–Crippen MR) is 68.3 cm³/mol. The fourth-order valence-corrected chi connectivity index (χ4v) is 2.20. The molecule has 0 bridgehead atoms. The first-order chi connectivity index (χ1) is 7.79. The summed E-state index contributed by atoms with van der Waals surface area (Å²) >= 11 is 0. The van der Waals surface area contributed by atoms with Crippen molar-refractivity contribution in [3.8, 4) is 0 Å². The molecule has 3 nitrogen and oxygen atoms in total. The topological polar surface area (TPSA) is 33.3 Å². The lowest BCUT2D eigenvalue weighted by Crippen LogP contribution is -2.64. The molecule has 0 saturated carbocycles. The van der Waals surface area contributed by atoms with Crippen molar-refractivity contribution in [2.45, 2.75) is 24.4 Å². The molecule has 3 heteroatoms. The van der Waals surface area contributed by atoms with Gasteiger partial charge in [0.2, 0.25) is 0 Å². The van der Waals surface area contributed by atoms with Crippen molar-refractivity contribution in [2.24, 2.45) is 0 Å². The van der Waals surface area contributed by atoms with E-state index < -0.39 is 0 Å². The zero-order valence-corrected chi connectivity index (χ0v) is 9.87. The Kier molecular flexibility index (Phi) is 5.29. The first-order valence-electron chi connectivity index (χ1n) is 5.70. The Balaban J connectivity index is 2.77. The molecule has 0 unspecified atom stereocenters. The summed E-state index contributed by atoms with van der Waals surface area (Å²) in [7, 11) is 0. The Morgan fingerprint density at radius 1 is 1.31 bits per heavy atom. The van der Waals surface area contributed by atoms with E-state index in [1.54, 1.807) is 6.20 Å². The van der Waals surface area contributed by atoms with Crippen LogP contribution in [0.2, 0.25) is 0 Å². The Bertz CT molecular complexity index is 252. The zero-order valence-electron chi connectivity index (χ0n) is 9.87. The van der Waals surface area contributed by atoms with Gasteiger partial charge in [0, 0.05) is 19.2 Å². The minimum Gasteiger partial charge on any atom is -0.387 e. The number of rotatable bonds is 7.